The van der Waals surface area contributed by atoms with Crippen molar-refractivity contribution in [2.45, 2.75) is 0 Å². The van der Waals surface area contributed by atoms with Gasteiger partial charge in [-0.15, -0.1) is 0 Å². The van der Waals surface area contributed by atoms with E-state index >= 15 is 0 Å². The number of hydrogen-bond donors (Lipinski definition) is 0. The molecule has 0 atom stereocenters. The molecule has 0 aliphatic rings. The number of amidine groups is 1. The molecule has 1 aromatic rings. The molecule has 0 amide bonds. The molecule has 0 saturated heterocycles. The molecule has 0 aromatic carbocycles. The van der Waals surface area contributed by atoms with E-state index in [4.69, 9.17) is 4.74 Å². The molecule has 1 aromatic heterocycles. The second kappa shape index (κ2) is 7.60. The van der Waals surface area contributed by atoms with Gasteiger partial charge in [-0.2, -0.15) is 0 Å². The van der Waals surface area contributed by atoms with Crippen LogP contribution in [0.3, 0.4) is 0 Å². The van der Waals surface area contributed by atoms with E-state index in [1.165, 1.54) is 0 Å². The van der Waals surface area contributed by atoms with E-state index < -0.39 is 7.25 Å². The first-order valence-corrected chi connectivity index (χ1v) is 5.29. The molecular formula is C10H16BF4N3O. The fourth-order valence-corrected chi connectivity index (χ4v) is 1.08. The molecule has 0 aliphatic heterocycles. The summed E-state index contributed by atoms with van der Waals surface area (Å²) in [7, 11) is 1.72. The summed E-state index contributed by atoms with van der Waals surface area (Å²) in [4.78, 5) is 5.98. The molecule has 0 unspecified atom stereocenters. The van der Waals surface area contributed by atoms with Gasteiger partial charge < -0.3 is 22.0 Å². The van der Waals surface area contributed by atoms with Gasteiger partial charge in [0.25, 0.3) is 0 Å². The van der Waals surface area contributed by atoms with Crippen molar-refractivity contribution in [1.82, 2.24) is 9.88 Å². The van der Waals surface area contributed by atoms with Crippen molar-refractivity contribution in [2.24, 2.45) is 0 Å². The average Bonchev–Trinajstić information content (AvgIpc) is 2.24. The normalized spacial score (nSPS) is 10.1. The van der Waals surface area contributed by atoms with Gasteiger partial charge in [-0.25, -0.2) is 14.5 Å². The van der Waals surface area contributed by atoms with E-state index in [1.807, 2.05) is 55.9 Å². The van der Waals surface area contributed by atoms with Gasteiger partial charge in [0, 0.05) is 12.3 Å². The first-order valence-electron chi connectivity index (χ1n) is 5.29. The lowest BCUT2D eigenvalue weighted by Gasteiger charge is -2.10. The largest absolute Gasteiger partial charge is 0.673 e. The zero-order valence-corrected chi connectivity index (χ0v) is 11.1. The van der Waals surface area contributed by atoms with Gasteiger partial charge in [-0.3, -0.25) is 0 Å². The Morgan fingerprint density at radius 1 is 1.21 bits per heavy atom. The summed E-state index contributed by atoms with van der Waals surface area (Å²) in [6.45, 7) is 0. The highest BCUT2D eigenvalue weighted by Crippen LogP contribution is 2.06. The van der Waals surface area contributed by atoms with E-state index in [2.05, 4.69) is 4.98 Å². The average molecular weight is 281 g/mol. The van der Waals surface area contributed by atoms with Gasteiger partial charge in [0.2, 0.25) is 5.88 Å². The zero-order chi connectivity index (χ0) is 15.1. The molecule has 0 N–H and O–H groups in total. The molecule has 0 radical (unpaired) electrons. The second-order valence-electron chi connectivity index (χ2n) is 3.84. The van der Waals surface area contributed by atoms with Crippen molar-refractivity contribution in [3.8, 4) is 5.88 Å². The third-order valence-electron chi connectivity index (χ3n) is 1.60. The molecule has 1 rings (SSSR count). The molecule has 9 heteroatoms. The van der Waals surface area contributed by atoms with Gasteiger partial charge in [-0.05, 0) is 6.07 Å². The van der Waals surface area contributed by atoms with E-state index in [1.54, 1.807) is 6.20 Å². The first-order chi connectivity index (χ1) is 8.61. The maximum Gasteiger partial charge on any atom is 0.673 e. The lowest BCUT2D eigenvalue weighted by atomic mass is 10.3. The van der Waals surface area contributed by atoms with Gasteiger partial charge >= 0.3 is 13.3 Å². The summed E-state index contributed by atoms with van der Waals surface area (Å²) < 4.78 is 46.5. The second-order valence-corrected chi connectivity index (χ2v) is 3.84. The molecule has 0 bridgehead atoms. The summed E-state index contributed by atoms with van der Waals surface area (Å²) in [6.07, 6.45) is 1.71. The van der Waals surface area contributed by atoms with Gasteiger partial charge in [0.15, 0.2) is 0 Å². The number of rotatable bonds is 1. The van der Waals surface area contributed by atoms with Crippen LogP contribution >= 0.6 is 0 Å². The monoisotopic (exact) mass is 281 g/mol. The molecule has 1 heterocycles. The van der Waals surface area contributed by atoms with Gasteiger partial charge in [-0.1, -0.05) is 6.07 Å². The maximum absolute atomic E-state index is 9.75. The molecular weight excluding hydrogens is 265 g/mol. The van der Waals surface area contributed by atoms with Crippen molar-refractivity contribution >= 4 is 13.3 Å². The van der Waals surface area contributed by atoms with Crippen LogP contribution in [0.4, 0.5) is 17.3 Å². The van der Waals surface area contributed by atoms with Crippen molar-refractivity contribution in [3.05, 3.63) is 24.4 Å². The van der Waals surface area contributed by atoms with Crippen LogP contribution in [0, 0.1) is 0 Å². The van der Waals surface area contributed by atoms with E-state index in [-0.39, 0.29) is 0 Å². The predicted octanol–water partition coefficient (Wildman–Crippen LogP) is 1.95. The minimum Gasteiger partial charge on any atom is -0.418 e. The smallest absolute Gasteiger partial charge is 0.418 e. The number of hydrogen-bond acceptors (Lipinski definition) is 2. The summed E-state index contributed by atoms with van der Waals surface area (Å²) in [6, 6.07) is 6.33. The third-order valence-corrected chi connectivity index (χ3v) is 1.60. The summed E-state index contributed by atoms with van der Waals surface area (Å²) in [5.41, 5.74) is 0. The van der Waals surface area contributed by atoms with Crippen LogP contribution in [0.5, 0.6) is 5.88 Å². The lowest BCUT2D eigenvalue weighted by Crippen LogP contribution is -2.34. The van der Waals surface area contributed by atoms with Crippen LogP contribution in [-0.4, -0.2) is 55.9 Å². The fourth-order valence-electron chi connectivity index (χ4n) is 1.08. The van der Waals surface area contributed by atoms with Crippen LogP contribution in [0.25, 0.3) is 0 Å². The van der Waals surface area contributed by atoms with E-state index in [0.29, 0.717) is 5.88 Å². The molecule has 0 aliphatic carbocycles. The van der Waals surface area contributed by atoms with E-state index in [9.17, 15) is 17.3 Å². The Labute approximate surface area is 109 Å². The Balaban J connectivity index is 0.000000555. The number of ether oxygens (including phenoxy) is 1. The highest BCUT2D eigenvalue weighted by atomic mass is 19.5. The van der Waals surface area contributed by atoms with Crippen molar-refractivity contribution < 1.29 is 26.6 Å². The number of nitrogens with zero attached hydrogens (tertiary/aromatic N) is 3. The quantitative estimate of drug-likeness (QED) is 0.259. The molecule has 0 saturated carbocycles. The van der Waals surface area contributed by atoms with Gasteiger partial charge in [0.1, 0.15) is 0 Å². The molecule has 108 valence electrons. The Hall–Kier alpha value is -1.80. The maximum atomic E-state index is 9.75. The zero-order valence-electron chi connectivity index (χ0n) is 11.1. The SMILES string of the molecule is CN(C)C(Oc1ccccn1)=[N+](C)C.F[B-](F)(F)F. The third kappa shape index (κ3) is 9.87. The lowest BCUT2D eigenvalue weighted by molar-refractivity contribution is -0.478. The summed E-state index contributed by atoms with van der Waals surface area (Å²) >= 11 is 0. The number of halogens is 4. The van der Waals surface area contributed by atoms with Crippen LogP contribution in [0.15, 0.2) is 24.4 Å². The van der Waals surface area contributed by atoms with Crippen molar-refractivity contribution in [3.63, 3.8) is 0 Å². The van der Waals surface area contributed by atoms with Gasteiger partial charge in [0.05, 0.1) is 28.2 Å². The summed E-state index contributed by atoms with van der Waals surface area (Å²) in [5.74, 6) is 0.602. The number of pyridine rings is 1. The van der Waals surface area contributed by atoms with Crippen LogP contribution in [-0.2, 0) is 0 Å². The highest BCUT2D eigenvalue weighted by Gasteiger charge is 2.20. The number of aromatic nitrogens is 1. The van der Waals surface area contributed by atoms with Crippen molar-refractivity contribution in [2.75, 3.05) is 28.2 Å². The minimum atomic E-state index is -6.00. The topological polar surface area (TPSA) is 28.4 Å². The Kier molecular flexibility index (Phi) is 6.88. The summed E-state index contributed by atoms with van der Waals surface area (Å²) in [5, 5.41) is 0. The predicted molar refractivity (Wildman–Crippen MR) is 65.9 cm³/mol. The van der Waals surface area contributed by atoms with E-state index in [0.717, 1.165) is 6.02 Å². The molecule has 0 fully saturated rings. The Morgan fingerprint density at radius 2 is 1.74 bits per heavy atom. The Bertz CT molecular complexity index is 399. The molecule has 4 nitrogen and oxygen atoms in total. The van der Waals surface area contributed by atoms with Crippen LogP contribution in [0.2, 0.25) is 0 Å². The van der Waals surface area contributed by atoms with Crippen LogP contribution < -0.4 is 4.74 Å². The van der Waals surface area contributed by atoms with Crippen LogP contribution in [0.1, 0.15) is 0 Å². The Morgan fingerprint density at radius 3 is 2.05 bits per heavy atom. The highest BCUT2D eigenvalue weighted by molar-refractivity contribution is 6.50. The van der Waals surface area contributed by atoms with Crippen molar-refractivity contribution in [1.29, 1.82) is 0 Å². The molecule has 19 heavy (non-hydrogen) atoms. The first kappa shape index (κ1) is 17.2. The minimum absolute atomic E-state index is 0.602. The fraction of sp³-hybridized carbons (Fsp3) is 0.400. The standard InChI is InChI=1S/C10H16N3O.BF4/c1-12(2)10(13(3)4)14-9-7-5-6-8-11-9;2-1(3,4)5/h5-8H,1-4H3;/q+1;-1. The molecule has 0 spiro atoms.